The summed E-state index contributed by atoms with van der Waals surface area (Å²) < 4.78 is 5.66. The molecule has 2 aromatic rings. The van der Waals surface area contributed by atoms with Crippen LogP contribution in [0.2, 0.25) is 0 Å². The van der Waals surface area contributed by atoms with Gasteiger partial charge in [0.25, 0.3) is 0 Å². The van der Waals surface area contributed by atoms with Gasteiger partial charge in [-0.3, -0.25) is 9.59 Å². The number of likely N-dealkylation sites (N-methyl/N-ethyl adjacent to an activating group) is 1. The van der Waals surface area contributed by atoms with E-state index < -0.39 is 23.5 Å². The maximum atomic E-state index is 13.3. The molecule has 7 nitrogen and oxygen atoms in total. The van der Waals surface area contributed by atoms with Crippen molar-refractivity contribution in [3.63, 3.8) is 0 Å². The van der Waals surface area contributed by atoms with Crippen molar-refractivity contribution in [2.75, 3.05) is 13.7 Å². The highest BCUT2D eigenvalue weighted by Crippen LogP contribution is 2.44. The van der Waals surface area contributed by atoms with E-state index in [4.69, 9.17) is 9.84 Å². The van der Waals surface area contributed by atoms with Crippen molar-refractivity contribution in [3.8, 4) is 11.1 Å². The molecule has 180 valence electrons. The highest BCUT2D eigenvalue weighted by atomic mass is 16.5. The quantitative estimate of drug-likeness (QED) is 0.604. The molecule has 7 heteroatoms. The van der Waals surface area contributed by atoms with Crippen LogP contribution in [0.25, 0.3) is 11.1 Å². The lowest BCUT2D eigenvalue weighted by atomic mass is 9.78. The third kappa shape index (κ3) is 4.39. The number of nitrogens with one attached hydrogen (secondary N) is 1. The number of hydrogen-bond acceptors (Lipinski definition) is 4. The van der Waals surface area contributed by atoms with E-state index in [0.717, 1.165) is 22.3 Å². The number of benzene rings is 2. The summed E-state index contributed by atoms with van der Waals surface area (Å²) in [5.41, 5.74) is 3.43. The first-order valence-electron chi connectivity index (χ1n) is 11.9. The molecule has 0 bridgehead atoms. The number of carbonyl (C=O) groups is 3. The van der Waals surface area contributed by atoms with Gasteiger partial charge in [0, 0.05) is 19.0 Å². The molecular formula is C27H32N2O5. The van der Waals surface area contributed by atoms with Crippen molar-refractivity contribution >= 4 is 18.0 Å². The van der Waals surface area contributed by atoms with Gasteiger partial charge in [0.2, 0.25) is 5.91 Å². The van der Waals surface area contributed by atoms with Crippen molar-refractivity contribution in [3.05, 3.63) is 59.7 Å². The molecule has 1 saturated carbocycles. The lowest BCUT2D eigenvalue weighted by molar-refractivity contribution is -0.152. The summed E-state index contributed by atoms with van der Waals surface area (Å²) in [4.78, 5) is 38.9. The van der Waals surface area contributed by atoms with Crippen molar-refractivity contribution in [1.29, 1.82) is 0 Å². The topological polar surface area (TPSA) is 95.9 Å². The van der Waals surface area contributed by atoms with E-state index in [2.05, 4.69) is 29.6 Å². The van der Waals surface area contributed by atoms with Crippen LogP contribution in [0.15, 0.2) is 48.5 Å². The fourth-order valence-electron chi connectivity index (χ4n) is 5.24. The van der Waals surface area contributed by atoms with Crippen LogP contribution in [0.5, 0.6) is 0 Å². The van der Waals surface area contributed by atoms with Gasteiger partial charge in [-0.1, -0.05) is 61.9 Å². The summed E-state index contributed by atoms with van der Waals surface area (Å²) in [6.45, 7) is 3.84. The molecule has 2 aliphatic carbocycles. The summed E-state index contributed by atoms with van der Waals surface area (Å²) >= 11 is 0. The fraction of sp³-hybridized carbons (Fsp3) is 0.444. The molecular weight excluding hydrogens is 432 g/mol. The van der Waals surface area contributed by atoms with Gasteiger partial charge < -0.3 is 20.1 Å². The Bertz CT molecular complexity index is 1050. The molecule has 0 heterocycles. The van der Waals surface area contributed by atoms with Gasteiger partial charge in [-0.05, 0) is 48.4 Å². The number of amides is 2. The predicted octanol–water partition coefficient (Wildman–Crippen LogP) is 4.41. The molecule has 4 rings (SSSR count). The number of fused-ring (bicyclic) bond motifs is 3. The average molecular weight is 465 g/mol. The minimum atomic E-state index is -1.12. The van der Waals surface area contributed by atoms with Crippen LogP contribution in [0.3, 0.4) is 0 Å². The van der Waals surface area contributed by atoms with Crippen LogP contribution >= 0.6 is 0 Å². The van der Waals surface area contributed by atoms with E-state index >= 15 is 0 Å². The Kier molecular flexibility index (Phi) is 6.64. The van der Waals surface area contributed by atoms with Crippen LogP contribution in [-0.2, 0) is 14.3 Å². The monoisotopic (exact) mass is 464 g/mol. The van der Waals surface area contributed by atoms with Gasteiger partial charge in [-0.2, -0.15) is 0 Å². The molecule has 1 atom stereocenters. The SMILES string of the molecule is CCCC(C)(NC(=O)OCC1c2ccccc2-c2ccccc21)C(=O)N(C)C1CC(C(=O)O)C1. The van der Waals surface area contributed by atoms with E-state index in [9.17, 15) is 14.4 Å². The molecule has 34 heavy (non-hydrogen) atoms. The highest BCUT2D eigenvalue weighted by Gasteiger charge is 2.44. The van der Waals surface area contributed by atoms with Crippen LogP contribution in [0.1, 0.15) is 56.6 Å². The van der Waals surface area contributed by atoms with E-state index in [1.165, 1.54) is 0 Å². The average Bonchev–Trinajstić information content (AvgIpc) is 3.09. The summed E-state index contributed by atoms with van der Waals surface area (Å²) in [7, 11) is 1.68. The second-order valence-electron chi connectivity index (χ2n) is 9.61. The minimum Gasteiger partial charge on any atom is -0.481 e. The first-order chi connectivity index (χ1) is 16.2. The number of hydrogen-bond donors (Lipinski definition) is 2. The van der Waals surface area contributed by atoms with Crippen LogP contribution in [0, 0.1) is 5.92 Å². The highest BCUT2D eigenvalue weighted by molar-refractivity contribution is 5.90. The Morgan fingerprint density at radius 2 is 1.62 bits per heavy atom. The molecule has 0 aromatic heterocycles. The Hall–Kier alpha value is -3.35. The minimum absolute atomic E-state index is 0.0584. The molecule has 2 N–H and O–H groups in total. The van der Waals surface area contributed by atoms with E-state index in [0.29, 0.717) is 25.7 Å². The molecule has 0 saturated heterocycles. The molecule has 2 amide bonds. The third-order valence-corrected chi connectivity index (χ3v) is 7.27. The normalized spacial score (nSPS) is 20.3. The molecule has 2 aliphatic rings. The Balaban J connectivity index is 1.41. The maximum Gasteiger partial charge on any atom is 0.408 e. The fourth-order valence-corrected chi connectivity index (χ4v) is 5.24. The summed E-state index contributed by atoms with van der Waals surface area (Å²) in [6, 6.07) is 16.1. The lowest BCUT2D eigenvalue weighted by Gasteiger charge is -2.43. The van der Waals surface area contributed by atoms with E-state index in [1.54, 1.807) is 18.9 Å². The first-order valence-corrected chi connectivity index (χ1v) is 11.9. The van der Waals surface area contributed by atoms with Crippen molar-refractivity contribution in [2.45, 2.75) is 57.0 Å². The standard InChI is InChI=1S/C27H32N2O5/c1-4-13-27(2,25(32)29(3)18-14-17(15-18)24(30)31)28-26(33)34-16-23-21-11-7-5-9-19(21)20-10-6-8-12-22(20)23/h5-12,17-18,23H,4,13-16H2,1-3H3,(H,28,33)(H,30,31). The van der Waals surface area contributed by atoms with Crippen LogP contribution in [-0.4, -0.2) is 53.2 Å². The Morgan fingerprint density at radius 1 is 1.06 bits per heavy atom. The van der Waals surface area contributed by atoms with E-state index in [1.807, 2.05) is 31.2 Å². The lowest BCUT2D eigenvalue weighted by Crippen LogP contribution is -2.60. The third-order valence-electron chi connectivity index (χ3n) is 7.27. The van der Waals surface area contributed by atoms with Crippen LogP contribution in [0.4, 0.5) is 4.79 Å². The number of alkyl carbamates (subject to hydrolysis) is 1. The summed E-state index contributed by atoms with van der Waals surface area (Å²) in [5.74, 6) is -1.52. The maximum absolute atomic E-state index is 13.3. The van der Waals surface area contributed by atoms with Crippen molar-refractivity contribution < 1.29 is 24.2 Å². The van der Waals surface area contributed by atoms with Gasteiger partial charge in [-0.15, -0.1) is 0 Å². The number of ether oxygens (including phenoxy) is 1. The predicted molar refractivity (Wildman–Crippen MR) is 128 cm³/mol. The molecule has 1 fully saturated rings. The number of rotatable bonds is 8. The second-order valence-corrected chi connectivity index (χ2v) is 9.61. The van der Waals surface area contributed by atoms with Gasteiger partial charge >= 0.3 is 12.1 Å². The Labute approximate surface area is 200 Å². The first kappa shape index (κ1) is 23.8. The molecule has 0 spiro atoms. The molecule has 0 aliphatic heterocycles. The second kappa shape index (κ2) is 9.49. The summed E-state index contributed by atoms with van der Waals surface area (Å²) in [6.07, 6.45) is 1.39. The van der Waals surface area contributed by atoms with Crippen LogP contribution < -0.4 is 5.32 Å². The summed E-state index contributed by atoms with van der Waals surface area (Å²) in [5, 5.41) is 11.9. The van der Waals surface area contributed by atoms with Gasteiger partial charge in [0.15, 0.2) is 0 Å². The molecule has 2 aromatic carbocycles. The Morgan fingerprint density at radius 3 is 2.15 bits per heavy atom. The number of carbonyl (C=O) groups excluding carboxylic acids is 2. The van der Waals surface area contributed by atoms with Gasteiger partial charge in [-0.25, -0.2) is 4.79 Å². The zero-order chi connectivity index (χ0) is 24.5. The van der Waals surface area contributed by atoms with Gasteiger partial charge in [0.1, 0.15) is 12.1 Å². The smallest absolute Gasteiger partial charge is 0.408 e. The number of carboxylic acids is 1. The molecule has 1 unspecified atom stereocenters. The zero-order valence-corrected chi connectivity index (χ0v) is 19.9. The number of nitrogens with zero attached hydrogens (tertiary/aromatic N) is 1. The zero-order valence-electron chi connectivity index (χ0n) is 19.9. The van der Waals surface area contributed by atoms with Crippen molar-refractivity contribution in [1.82, 2.24) is 10.2 Å². The van der Waals surface area contributed by atoms with E-state index in [-0.39, 0.29) is 24.5 Å². The van der Waals surface area contributed by atoms with Gasteiger partial charge in [0.05, 0.1) is 5.92 Å². The molecule has 0 radical (unpaired) electrons. The largest absolute Gasteiger partial charge is 0.481 e. The number of carboxylic acid groups (broad SMARTS) is 1. The number of aliphatic carboxylic acids is 1. The van der Waals surface area contributed by atoms with Crippen molar-refractivity contribution in [2.24, 2.45) is 5.92 Å².